The highest BCUT2D eigenvalue weighted by molar-refractivity contribution is 6.06. The number of anilines is 1. The summed E-state index contributed by atoms with van der Waals surface area (Å²) in [5.41, 5.74) is -0.366. The van der Waals surface area contributed by atoms with Crippen LogP contribution in [0, 0.1) is 21.7 Å². The van der Waals surface area contributed by atoms with Crippen molar-refractivity contribution >= 4 is 23.3 Å². The summed E-state index contributed by atoms with van der Waals surface area (Å²) in [6, 6.07) is 6.19. The van der Waals surface area contributed by atoms with E-state index in [0.717, 1.165) is 12.1 Å². The zero-order valence-corrected chi connectivity index (χ0v) is 14.5. The average Bonchev–Trinajstić information content (AvgIpc) is 2.61. The molecule has 1 heterocycles. The van der Waals surface area contributed by atoms with E-state index in [0.29, 0.717) is 0 Å². The van der Waals surface area contributed by atoms with Crippen LogP contribution in [0.3, 0.4) is 0 Å². The summed E-state index contributed by atoms with van der Waals surface area (Å²) < 4.78 is 28.5. The Morgan fingerprint density at radius 3 is 2.32 bits per heavy atom. The van der Waals surface area contributed by atoms with Crippen molar-refractivity contribution in [1.29, 1.82) is 0 Å². The van der Waals surface area contributed by atoms with Crippen LogP contribution in [0.1, 0.15) is 18.5 Å². The Morgan fingerprint density at radius 1 is 1.14 bits per heavy atom. The highest BCUT2D eigenvalue weighted by Gasteiger charge is 2.34. The van der Waals surface area contributed by atoms with E-state index >= 15 is 0 Å². The van der Waals surface area contributed by atoms with Gasteiger partial charge < -0.3 is 16.0 Å². The molecule has 144 valence electrons. The van der Waals surface area contributed by atoms with Gasteiger partial charge in [-0.3, -0.25) is 14.9 Å². The number of carbonyl (C=O) groups is 2. The summed E-state index contributed by atoms with van der Waals surface area (Å²) in [6.07, 6.45) is 0. The second-order valence-electron chi connectivity index (χ2n) is 5.96. The number of allylic oxidation sites excluding steroid dienone is 1. The van der Waals surface area contributed by atoms with Gasteiger partial charge in [-0.2, -0.15) is 0 Å². The Hall–Kier alpha value is -3.82. The van der Waals surface area contributed by atoms with Crippen LogP contribution in [0.4, 0.5) is 25.0 Å². The maximum atomic E-state index is 14.2. The van der Waals surface area contributed by atoms with Crippen LogP contribution in [0.25, 0.3) is 0 Å². The number of nitro benzene ring substituents is 1. The van der Waals surface area contributed by atoms with Gasteiger partial charge >= 0.3 is 6.03 Å². The van der Waals surface area contributed by atoms with E-state index in [1.807, 2.05) is 0 Å². The zero-order chi connectivity index (χ0) is 20.4. The third kappa shape index (κ3) is 3.65. The fourth-order valence-corrected chi connectivity index (χ4v) is 2.86. The van der Waals surface area contributed by atoms with Gasteiger partial charge in [0.15, 0.2) is 0 Å². The van der Waals surface area contributed by atoms with E-state index in [1.54, 1.807) is 0 Å². The van der Waals surface area contributed by atoms with Crippen molar-refractivity contribution in [3.05, 3.63) is 81.0 Å². The Bertz CT molecular complexity index is 985. The predicted octanol–water partition coefficient (Wildman–Crippen LogP) is 3.14. The van der Waals surface area contributed by atoms with Gasteiger partial charge in [0.05, 0.1) is 22.1 Å². The number of rotatable bonds is 4. The zero-order valence-electron chi connectivity index (χ0n) is 14.5. The molecule has 1 aliphatic rings. The molecule has 0 fully saturated rings. The molecule has 0 saturated carbocycles. The lowest BCUT2D eigenvalue weighted by atomic mass is 9.94. The number of urea groups is 1. The Kier molecular flexibility index (Phi) is 5.03. The van der Waals surface area contributed by atoms with Gasteiger partial charge in [0.25, 0.3) is 11.6 Å². The third-order valence-electron chi connectivity index (χ3n) is 4.14. The van der Waals surface area contributed by atoms with Crippen LogP contribution < -0.4 is 16.0 Å². The van der Waals surface area contributed by atoms with Crippen molar-refractivity contribution in [3.63, 3.8) is 0 Å². The van der Waals surface area contributed by atoms with E-state index in [-0.39, 0.29) is 22.6 Å². The minimum absolute atomic E-state index is 0.0954. The highest BCUT2D eigenvalue weighted by Crippen LogP contribution is 2.31. The molecule has 0 unspecified atom stereocenters. The summed E-state index contributed by atoms with van der Waals surface area (Å²) in [5.74, 6) is -2.56. The molecular weight excluding hydrogens is 374 g/mol. The molecule has 0 aromatic heterocycles. The van der Waals surface area contributed by atoms with Gasteiger partial charge in [0, 0.05) is 23.5 Å². The maximum absolute atomic E-state index is 14.2. The van der Waals surface area contributed by atoms with E-state index < -0.39 is 40.1 Å². The molecule has 3 amide bonds. The first-order chi connectivity index (χ1) is 13.3. The van der Waals surface area contributed by atoms with E-state index in [1.165, 1.54) is 37.3 Å². The number of non-ortho nitro benzene ring substituents is 1. The Balaban J connectivity index is 1.96. The minimum atomic E-state index is -1.35. The third-order valence-corrected chi connectivity index (χ3v) is 4.14. The molecule has 0 radical (unpaired) electrons. The predicted molar refractivity (Wildman–Crippen MR) is 95.2 cm³/mol. The van der Waals surface area contributed by atoms with Crippen LogP contribution in [0.15, 0.2) is 53.7 Å². The van der Waals surface area contributed by atoms with Crippen LogP contribution in [-0.2, 0) is 4.79 Å². The minimum Gasteiger partial charge on any atom is -0.326 e. The molecule has 0 spiro atoms. The fourth-order valence-electron chi connectivity index (χ4n) is 2.86. The molecule has 28 heavy (non-hydrogen) atoms. The number of benzene rings is 2. The number of nitrogens with zero attached hydrogens (tertiary/aromatic N) is 1. The molecule has 8 nitrogen and oxygen atoms in total. The van der Waals surface area contributed by atoms with Gasteiger partial charge in [-0.05, 0) is 31.2 Å². The number of carbonyl (C=O) groups excluding carboxylic acids is 2. The number of halogens is 2. The normalized spacial score (nSPS) is 16.2. The van der Waals surface area contributed by atoms with Crippen LogP contribution >= 0.6 is 0 Å². The number of hydrogen-bond donors (Lipinski definition) is 3. The van der Waals surface area contributed by atoms with Crippen LogP contribution in [-0.4, -0.2) is 16.9 Å². The molecule has 3 rings (SSSR count). The molecule has 2 aromatic carbocycles. The topological polar surface area (TPSA) is 113 Å². The van der Waals surface area contributed by atoms with Crippen molar-refractivity contribution in [3.8, 4) is 0 Å². The number of nitro groups is 1. The van der Waals surface area contributed by atoms with E-state index in [4.69, 9.17) is 0 Å². The standard InChI is InChI=1S/C18H14F2N4O4/c1-9-14(17(25)22-10-5-7-11(8-6-10)24(27)28)16(23-18(26)21-9)15-12(19)3-2-4-13(15)20/h2-8,16H,1H3,(H,22,25)(H2,21,23,26)/t16-/m0/s1. The lowest BCUT2D eigenvalue weighted by Crippen LogP contribution is -2.46. The molecule has 2 aromatic rings. The fraction of sp³-hybridized carbons (Fsp3) is 0.111. The van der Waals surface area contributed by atoms with Gasteiger partial charge in [0.2, 0.25) is 0 Å². The SMILES string of the molecule is CC1=C(C(=O)Nc2ccc([N+](=O)[O-])cc2)[C@@H](c2c(F)cccc2F)NC(=O)N1. The maximum Gasteiger partial charge on any atom is 0.319 e. The number of amides is 3. The summed E-state index contributed by atoms with van der Waals surface area (Å²) in [5, 5.41) is 18.0. The van der Waals surface area contributed by atoms with Crippen molar-refractivity contribution in [2.75, 3.05) is 5.32 Å². The largest absolute Gasteiger partial charge is 0.326 e. The van der Waals surface area contributed by atoms with Crippen molar-refractivity contribution < 1.29 is 23.3 Å². The molecular formula is C18H14F2N4O4. The van der Waals surface area contributed by atoms with Gasteiger partial charge in [-0.25, -0.2) is 13.6 Å². The summed E-state index contributed by atoms with van der Waals surface area (Å²) in [6.45, 7) is 1.43. The lowest BCUT2D eigenvalue weighted by molar-refractivity contribution is -0.384. The first-order valence-electron chi connectivity index (χ1n) is 8.06. The van der Waals surface area contributed by atoms with Gasteiger partial charge in [-0.1, -0.05) is 6.07 Å². The first kappa shape index (κ1) is 19.0. The van der Waals surface area contributed by atoms with E-state index in [2.05, 4.69) is 16.0 Å². The monoisotopic (exact) mass is 388 g/mol. The molecule has 0 saturated heterocycles. The van der Waals surface area contributed by atoms with Crippen molar-refractivity contribution in [1.82, 2.24) is 10.6 Å². The van der Waals surface area contributed by atoms with Crippen LogP contribution in [0.5, 0.6) is 0 Å². The molecule has 1 aliphatic heterocycles. The summed E-state index contributed by atoms with van der Waals surface area (Å²) in [4.78, 5) is 34.7. The van der Waals surface area contributed by atoms with Gasteiger partial charge in [0.1, 0.15) is 11.6 Å². The van der Waals surface area contributed by atoms with Crippen molar-refractivity contribution in [2.45, 2.75) is 13.0 Å². The quantitative estimate of drug-likeness (QED) is 0.551. The van der Waals surface area contributed by atoms with Crippen molar-refractivity contribution in [2.24, 2.45) is 0 Å². The molecule has 0 bridgehead atoms. The Morgan fingerprint density at radius 2 is 1.75 bits per heavy atom. The molecule has 0 aliphatic carbocycles. The smallest absolute Gasteiger partial charge is 0.319 e. The number of nitrogens with one attached hydrogen (secondary N) is 3. The Labute approximate surface area is 157 Å². The second kappa shape index (κ2) is 7.43. The van der Waals surface area contributed by atoms with Gasteiger partial charge in [-0.15, -0.1) is 0 Å². The van der Waals surface area contributed by atoms with E-state index in [9.17, 15) is 28.5 Å². The first-order valence-corrected chi connectivity index (χ1v) is 8.06. The summed E-state index contributed by atoms with van der Waals surface area (Å²) >= 11 is 0. The highest BCUT2D eigenvalue weighted by atomic mass is 19.1. The average molecular weight is 388 g/mol. The summed E-state index contributed by atoms with van der Waals surface area (Å²) in [7, 11) is 0. The van der Waals surface area contributed by atoms with Crippen LogP contribution in [0.2, 0.25) is 0 Å². The molecule has 1 atom stereocenters. The molecule has 10 heteroatoms. The molecule has 3 N–H and O–H groups in total. The second-order valence-corrected chi connectivity index (χ2v) is 5.96. The lowest BCUT2D eigenvalue weighted by Gasteiger charge is -2.29. The number of hydrogen-bond acceptors (Lipinski definition) is 4.